The molecule has 396 valence electrons. The lowest BCUT2D eigenvalue weighted by molar-refractivity contribution is -0.120. The summed E-state index contributed by atoms with van der Waals surface area (Å²) in [6, 6.07) is 27.3. The number of halogens is 1. The Balaban J connectivity index is 0.956. The predicted octanol–water partition coefficient (Wildman–Crippen LogP) is 9.87. The van der Waals surface area contributed by atoms with Crippen LogP contribution in [0.1, 0.15) is 81.2 Å². The van der Waals surface area contributed by atoms with E-state index in [9.17, 15) is 19.2 Å². The second-order valence-corrected chi connectivity index (χ2v) is 19.7. The molecule has 8 rings (SSSR count). The Morgan fingerprint density at radius 1 is 0.675 bits per heavy atom. The Labute approximate surface area is 443 Å². The molecule has 20 heteroatoms. The van der Waals surface area contributed by atoms with Gasteiger partial charge in [-0.2, -0.15) is 0 Å². The second kappa shape index (κ2) is 23.6. The average molecular weight is 1040 g/mol. The number of carbonyl (C=O) groups is 4. The number of aromatic nitrogens is 8. The largest absolute Gasteiger partial charge is 0.475 e. The number of hydrogen-bond acceptors (Lipinski definition) is 15. The van der Waals surface area contributed by atoms with Gasteiger partial charge in [0.25, 0.3) is 0 Å². The number of imidazole rings is 1. The third kappa shape index (κ3) is 14.6. The fourth-order valence-corrected chi connectivity index (χ4v) is 7.79. The number of allylic oxidation sites excluding steroid dienone is 1. The van der Waals surface area contributed by atoms with Gasteiger partial charge in [-0.05, 0) is 122 Å². The van der Waals surface area contributed by atoms with Gasteiger partial charge in [0.05, 0.1) is 76.9 Å². The number of rotatable bonds is 18. The van der Waals surface area contributed by atoms with E-state index in [0.717, 1.165) is 5.69 Å². The molecule has 77 heavy (non-hydrogen) atoms. The van der Waals surface area contributed by atoms with Crippen molar-refractivity contribution >= 4 is 57.2 Å². The minimum atomic E-state index is -0.852. The second-order valence-electron chi connectivity index (χ2n) is 19.7. The number of carbonyl (C=O) groups excluding carboxylic acids is 4. The van der Waals surface area contributed by atoms with Gasteiger partial charge < -0.3 is 34.6 Å². The smallest absolute Gasteiger partial charge is 0.415 e. The number of Topliss-reactive ketones (excluding diaryl/α,β-unsaturated/α-hetero) is 1. The minimum absolute atomic E-state index is 0.0258. The van der Waals surface area contributed by atoms with E-state index in [1.54, 1.807) is 115 Å². The number of para-hydroxylation sites is 1. The third-order valence-corrected chi connectivity index (χ3v) is 11.1. The van der Waals surface area contributed by atoms with Crippen molar-refractivity contribution in [3.8, 4) is 34.4 Å². The molecule has 19 nitrogen and oxygen atoms in total. The van der Waals surface area contributed by atoms with Gasteiger partial charge in [0.15, 0.2) is 0 Å². The summed E-state index contributed by atoms with van der Waals surface area (Å²) in [6.07, 6.45) is 3.03. The number of pyridine rings is 2. The highest BCUT2D eigenvalue weighted by atomic mass is 19.1. The predicted molar refractivity (Wildman–Crippen MR) is 288 cm³/mol. The van der Waals surface area contributed by atoms with Gasteiger partial charge >= 0.3 is 12.2 Å². The van der Waals surface area contributed by atoms with E-state index >= 15 is 4.39 Å². The van der Waals surface area contributed by atoms with Crippen molar-refractivity contribution in [3.05, 3.63) is 150 Å². The third-order valence-electron chi connectivity index (χ3n) is 11.1. The molecule has 0 atom stereocenters. The van der Waals surface area contributed by atoms with Gasteiger partial charge in [-0.3, -0.25) is 19.5 Å². The summed E-state index contributed by atoms with van der Waals surface area (Å²) >= 11 is 0. The normalized spacial score (nSPS) is 11.8. The van der Waals surface area contributed by atoms with E-state index in [0.29, 0.717) is 61.8 Å². The molecule has 3 amide bonds. The van der Waals surface area contributed by atoms with E-state index in [-0.39, 0.29) is 73.9 Å². The lowest BCUT2D eigenvalue weighted by Crippen LogP contribution is -2.37. The number of fused-ring (bicyclic) bond motifs is 2. The number of anilines is 1. The van der Waals surface area contributed by atoms with Gasteiger partial charge in [0.2, 0.25) is 23.5 Å². The summed E-state index contributed by atoms with van der Waals surface area (Å²) < 4.78 is 37.9. The van der Waals surface area contributed by atoms with Crippen molar-refractivity contribution in [1.29, 1.82) is 0 Å². The number of ketones is 1. The Kier molecular flexibility index (Phi) is 16.5. The summed E-state index contributed by atoms with van der Waals surface area (Å²) in [5.74, 6) is -0.620. The first kappa shape index (κ1) is 54.1. The zero-order valence-corrected chi connectivity index (χ0v) is 43.9. The molecule has 5 aromatic heterocycles. The molecule has 5 heterocycles. The van der Waals surface area contributed by atoms with Crippen molar-refractivity contribution in [2.75, 3.05) is 31.2 Å². The number of aryl methyl sites for hydroxylation is 2. The van der Waals surface area contributed by atoms with Gasteiger partial charge in [-0.15, -0.1) is 0 Å². The van der Waals surface area contributed by atoms with E-state index in [4.69, 9.17) is 33.9 Å². The Morgan fingerprint density at radius 2 is 1.31 bits per heavy atom. The molecule has 0 unspecified atom stereocenters. The number of nitrogens with zero attached hydrogens (tertiary/aromatic N) is 8. The van der Waals surface area contributed by atoms with Crippen LogP contribution in [0.15, 0.2) is 116 Å². The number of amides is 3. The summed E-state index contributed by atoms with van der Waals surface area (Å²) in [5, 5.41) is 5.47. The van der Waals surface area contributed by atoms with Crippen molar-refractivity contribution in [3.63, 3.8) is 0 Å². The standard InChI is InChI=1S/C57H58FN11O8/c1-34-13-11-16-42(63-34)52-51(67-47(68-52)33-69(55(73)77-57(6,7)8)46-18-10-9-15-39(46)58)37-20-23-41-45(30-37)66-50(32-62-41)74-27-25-59-48(70)24-21-38(53(71)43-17-12-14-35(2)64-43)36-19-22-40-44(29-36)65-49(31-61-40)75-28-26-60-54(72)76-56(3,4)5/h9-23,29-32H,24-28,33H2,1-8H3,(H,59,70)(H,60,72)(H,67,68)/b38-21-. The fraction of sp³-hybridized carbons (Fsp3) is 0.281. The Bertz CT molecular complexity index is 3520. The Morgan fingerprint density at radius 3 is 1.97 bits per heavy atom. The quantitative estimate of drug-likeness (QED) is 0.0412. The number of alkyl carbamates (subject to hydrolysis) is 1. The summed E-state index contributed by atoms with van der Waals surface area (Å²) in [6.45, 7) is 14.4. The van der Waals surface area contributed by atoms with Gasteiger partial charge in [-0.1, -0.05) is 42.5 Å². The molecule has 3 N–H and O–H groups in total. The highest BCUT2D eigenvalue weighted by Crippen LogP contribution is 2.33. The van der Waals surface area contributed by atoms with E-state index in [2.05, 4.69) is 35.6 Å². The summed E-state index contributed by atoms with van der Waals surface area (Å²) in [5.41, 5.74) is 5.21. The van der Waals surface area contributed by atoms with Gasteiger partial charge in [0, 0.05) is 28.9 Å². The molecule has 0 radical (unpaired) electrons. The Hall–Kier alpha value is -9.20. The highest BCUT2D eigenvalue weighted by Gasteiger charge is 2.28. The van der Waals surface area contributed by atoms with Gasteiger partial charge in [-0.25, -0.2) is 43.9 Å². The monoisotopic (exact) mass is 1040 g/mol. The molecule has 0 bridgehead atoms. The molecule has 3 aromatic carbocycles. The summed E-state index contributed by atoms with van der Waals surface area (Å²) in [4.78, 5) is 90.0. The van der Waals surface area contributed by atoms with Crippen molar-refractivity contribution in [1.82, 2.24) is 50.5 Å². The molecule has 0 saturated heterocycles. The zero-order valence-electron chi connectivity index (χ0n) is 43.9. The molecular formula is C57H58FN11O8. The van der Waals surface area contributed by atoms with E-state index in [1.165, 1.54) is 29.4 Å². The van der Waals surface area contributed by atoms with Crippen LogP contribution in [0.4, 0.5) is 19.7 Å². The lowest BCUT2D eigenvalue weighted by atomic mass is 9.97. The maximum absolute atomic E-state index is 15.3. The number of ether oxygens (including phenoxy) is 4. The SMILES string of the molecule is Cc1cccc(C(=O)/C(=C\CC(=O)NCCOc2cnc3ccc(-c4nc(CN(C(=O)OC(C)(C)C)c5ccccc5F)[nH]c4-c4cccc(C)n4)cc3n2)c2ccc3ncc(OCCNC(=O)OC(C)(C)C)nc3c2)n1. The number of H-pyrrole nitrogens is 1. The molecule has 0 aliphatic rings. The molecule has 0 spiro atoms. The topological polar surface area (TPSA) is 239 Å². The molecule has 0 fully saturated rings. The van der Waals surface area contributed by atoms with Crippen LogP contribution in [0.3, 0.4) is 0 Å². The van der Waals surface area contributed by atoms with Crippen molar-refractivity contribution in [2.24, 2.45) is 0 Å². The first-order chi connectivity index (χ1) is 36.7. The van der Waals surface area contributed by atoms with Crippen molar-refractivity contribution in [2.45, 2.75) is 79.6 Å². The van der Waals surface area contributed by atoms with Crippen LogP contribution in [0, 0.1) is 19.7 Å². The first-order valence-electron chi connectivity index (χ1n) is 24.8. The fourth-order valence-electron chi connectivity index (χ4n) is 7.79. The molecular weight excluding hydrogens is 986 g/mol. The van der Waals surface area contributed by atoms with Gasteiger partial charge in [0.1, 0.15) is 41.8 Å². The van der Waals surface area contributed by atoms with Crippen LogP contribution in [-0.2, 0) is 20.8 Å². The van der Waals surface area contributed by atoms with Crippen LogP contribution in [-0.4, -0.2) is 101 Å². The number of aromatic amines is 1. The maximum atomic E-state index is 15.3. The summed E-state index contributed by atoms with van der Waals surface area (Å²) in [7, 11) is 0. The molecule has 8 aromatic rings. The highest BCUT2D eigenvalue weighted by molar-refractivity contribution is 6.28. The lowest BCUT2D eigenvalue weighted by Gasteiger charge is -2.27. The first-order valence-corrected chi connectivity index (χ1v) is 24.8. The zero-order chi connectivity index (χ0) is 54.9. The van der Waals surface area contributed by atoms with Crippen LogP contribution in [0.25, 0.3) is 50.3 Å². The number of nitrogens with one attached hydrogen (secondary N) is 3. The molecule has 0 saturated carbocycles. The number of benzene rings is 3. The van der Waals surface area contributed by atoms with E-state index in [1.807, 2.05) is 31.2 Å². The van der Waals surface area contributed by atoms with Crippen LogP contribution < -0.4 is 25.0 Å². The van der Waals surface area contributed by atoms with Crippen LogP contribution in [0.5, 0.6) is 11.8 Å². The average Bonchev–Trinajstić information content (AvgIpc) is 3.81. The van der Waals surface area contributed by atoms with Crippen LogP contribution in [0.2, 0.25) is 0 Å². The maximum Gasteiger partial charge on any atom is 0.415 e. The molecule has 0 aliphatic heterocycles. The minimum Gasteiger partial charge on any atom is -0.475 e. The number of hydrogen-bond donors (Lipinski definition) is 3. The van der Waals surface area contributed by atoms with Crippen LogP contribution >= 0.6 is 0 Å². The van der Waals surface area contributed by atoms with E-state index < -0.39 is 35.0 Å². The molecule has 0 aliphatic carbocycles. The van der Waals surface area contributed by atoms with Crippen molar-refractivity contribution < 1.29 is 42.5 Å².